The summed E-state index contributed by atoms with van der Waals surface area (Å²) in [5.41, 5.74) is 13.2. The van der Waals surface area contributed by atoms with Crippen LogP contribution in [0.15, 0.2) is 206 Å². The number of para-hydroxylation sites is 2. The van der Waals surface area contributed by atoms with Gasteiger partial charge in [0, 0.05) is 38.2 Å². The lowest BCUT2D eigenvalue weighted by Gasteiger charge is -2.13. The van der Waals surface area contributed by atoms with Crippen LogP contribution in [0.3, 0.4) is 0 Å². The van der Waals surface area contributed by atoms with Gasteiger partial charge in [0.1, 0.15) is 0 Å². The molecule has 4 heteroatoms. The minimum Gasteiger partial charge on any atom is -0.309 e. The maximum absolute atomic E-state index is 5.50. The Hall–Kier alpha value is -7.82. The fourth-order valence-electron chi connectivity index (χ4n) is 9.12. The zero-order chi connectivity index (χ0) is 38.2. The summed E-state index contributed by atoms with van der Waals surface area (Å²) in [6.07, 6.45) is 0. The summed E-state index contributed by atoms with van der Waals surface area (Å²) in [5, 5.41) is 8.25. The van der Waals surface area contributed by atoms with Crippen molar-refractivity contribution in [2.45, 2.75) is 0 Å². The summed E-state index contributed by atoms with van der Waals surface area (Å²) < 4.78 is 4.70. The van der Waals surface area contributed by atoms with Gasteiger partial charge in [-0.25, -0.2) is 9.97 Å². The Morgan fingerprint density at radius 2 is 0.862 bits per heavy atom. The average Bonchev–Trinajstić information content (AvgIpc) is 3.82. The predicted octanol–water partition coefficient (Wildman–Crippen LogP) is 14.0. The molecule has 0 spiro atoms. The number of hydrogen-bond acceptors (Lipinski definition) is 2. The summed E-state index contributed by atoms with van der Waals surface area (Å²) in [5.74, 6) is 0.647. The Balaban J connectivity index is 1.16. The van der Waals surface area contributed by atoms with Crippen LogP contribution in [-0.2, 0) is 0 Å². The first kappa shape index (κ1) is 32.4. The van der Waals surface area contributed by atoms with E-state index < -0.39 is 0 Å². The van der Waals surface area contributed by atoms with E-state index in [4.69, 9.17) is 9.97 Å². The van der Waals surface area contributed by atoms with Crippen LogP contribution in [0.5, 0.6) is 0 Å². The van der Waals surface area contributed by atoms with Gasteiger partial charge < -0.3 is 4.57 Å². The molecule has 0 saturated carbocycles. The molecule has 0 aliphatic carbocycles. The van der Waals surface area contributed by atoms with Gasteiger partial charge >= 0.3 is 0 Å². The smallest absolute Gasteiger partial charge is 0.235 e. The molecule has 0 saturated heterocycles. The third-order valence-corrected chi connectivity index (χ3v) is 11.7. The Kier molecular flexibility index (Phi) is 7.20. The lowest BCUT2D eigenvalue weighted by molar-refractivity contribution is 1.01. The van der Waals surface area contributed by atoms with Crippen molar-refractivity contribution in [3.8, 4) is 45.1 Å². The van der Waals surface area contributed by atoms with Crippen molar-refractivity contribution in [2.75, 3.05) is 0 Å². The van der Waals surface area contributed by atoms with Crippen molar-refractivity contribution >= 4 is 65.3 Å². The van der Waals surface area contributed by atoms with Crippen LogP contribution in [-0.4, -0.2) is 19.1 Å². The molecule has 0 N–H and O–H groups in total. The Morgan fingerprint density at radius 3 is 1.66 bits per heavy atom. The first-order valence-corrected chi connectivity index (χ1v) is 19.8. The second kappa shape index (κ2) is 12.9. The number of nitrogens with zero attached hydrogens (tertiary/aromatic N) is 4. The predicted molar refractivity (Wildman–Crippen MR) is 242 cm³/mol. The first-order chi connectivity index (χ1) is 28.8. The minimum atomic E-state index is 0.647. The van der Waals surface area contributed by atoms with Gasteiger partial charge in [0.25, 0.3) is 0 Å². The van der Waals surface area contributed by atoms with Crippen LogP contribution in [0.1, 0.15) is 0 Å². The summed E-state index contributed by atoms with van der Waals surface area (Å²) in [4.78, 5) is 10.8. The summed E-state index contributed by atoms with van der Waals surface area (Å²) in [6, 6.07) is 73.7. The molecule has 0 atom stereocenters. The molecule has 12 aromatic rings. The van der Waals surface area contributed by atoms with Gasteiger partial charge in [-0.15, -0.1) is 0 Å². The normalized spacial score (nSPS) is 11.8. The molecule has 0 fully saturated rings. The highest BCUT2D eigenvalue weighted by Gasteiger charge is 2.24. The van der Waals surface area contributed by atoms with Crippen molar-refractivity contribution in [2.24, 2.45) is 0 Å². The third-order valence-electron chi connectivity index (χ3n) is 11.7. The van der Waals surface area contributed by atoms with E-state index in [0.717, 1.165) is 50.0 Å². The number of fused-ring (bicyclic) bond motifs is 10. The summed E-state index contributed by atoms with van der Waals surface area (Å²) >= 11 is 0. The molecule has 270 valence electrons. The van der Waals surface area contributed by atoms with Gasteiger partial charge in [0.15, 0.2) is 0 Å². The SMILES string of the molecule is c1ccc(-c2ccc(-n3c4ccccc4c4c5c6c7ccccc7ccc6n(-c6nc(-c7cccc(-c8ccccc8)c7)c7ccccc7n6)c5ccc43)cc2)cc1. The largest absolute Gasteiger partial charge is 0.309 e. The highest BCUT2D eigenvalue weighted by atomic mass is 15.2. The zero-order valence-corrected chi connectivity index (χ0v) is 31.4. The Labute approximate surface area is 334 Å². The van der Waals surface area contributed by atoms with Crippen molar-refractivity contribution in [3.05, 3.63) is 206 Å². The van der Waals surface area contributed by atoms with Gasteiger partial charge in [-0.05, 0) is 81.6 Å². The lowest BCUT2D eigenvalue weighted by Crippen LogP contribution is -2.03. The quantitative estimate of drug-likeness (QED) is 0.176. The van der Waals surface area contributed by atoms with Crippen LogP contribution >= 0.6 is 0 Å². The van der Waals surface area contributed by atoms with Crippen LogP contribution < -0.4 is 0 Å². The molecule has 4 nitrogen and oxygen atoms in total. The van der Waals surface area contributed by atoms with E-state index in [1.165, 1.54) is 54.5 Å². The number of hydrogen-bond donors (Lipinski definition) is 0. The van der Waals surface area contributed by atoms with E-state index in [0.29, 0.717) is 5.95 Å². The first-order valence-electron chi connectivity index (χ1n) is 19.8. The standard InChI is InChI=1S/C54H34N4/c1-3-14-35(15-4-1)37-26-29-41(30-27-37)57-46-25-12-10-23-44(46)51-47(57)32-33-49-52(51)50-42-21-8-7-18-38(42)28-31-48(50)58(49)54-55-45-24-11-9-22-43(45)53(56-54)40-20-13-19-39(34-40)36-16-5-2-6-17-36/h1-34H. The topological polar surface area (TPSA) is 35.6 Å². The van der Waals surface area contributed by atoms with Crippen LogP contribution in [0.25, 0.3) is 110 Å². The molecule has 0 amide bonds. The van der Waals surface area contributed by atoms with Gasteiger partial charge in [0.05, 0.1) is 33.3 Å². The second-order valence-corrected chi connectivity index (χ2v) is 15.0. The van der Waals surface area contributed by atoms with Crippen molar-refractivity contribution < 1.29 is 0 Å². The zero-order valence-electron chi connectivity index (χ0n) is 31.4. The fourth-order valence-corrected chi connectivity index (χ4v) is 9.12. The Morgan fingerprint density at radius 1 is 0.310 bits per heavy atom. The van der Waals surface area contributed by atoms with Gasteiger partial charge in [-0.1, -0.05) is 158 Å². The molecule has 0 aliphatic heterocycles. The second-order valence-electron chi connectivity index (χ2n) is 15.0. The molecule has 3 heterocycles. The molecule has 0 bridgehead atoms. The molecule has 9 aromatic carbocycles. The lowest BCUT2D eigenvalue weighted by atomic mass is 10.00. The third kappa shape index (κ3) is 4.95. The van der Waals surface area contributed by atoms with Gasteiger partial charge in [0.2, 0.25) is 5.95 Å². The van der Waals surface area contributed by atoms with Crippen LogP contribution in [0, 0.1) is 0 Å². The van der Waals surface area contributed by atoms with Crippen molar-refractivity contribution in [1.29, 1.82) is 0 Å². The monoisotopic (exact) mass is 738 g/mol. The van der Waals surface area contributed by atoms with Crippen LogP contribution in [0.4, 0.5) is 0 Å². The molecular weight excluding hydrogens is 705 g/mol. The van der Waals surface area contributed by atoms with E-state index in [1.807, 2.05) is 0 Å². The maximum Gasteiger partial charge on any atom is 0.235 e. The highest BCUT2D eigenvalue weighted by molar-refractivity contribution is 6.33. The molecule has 12 rings (SSSR count). The minimum absolute atomic E-state index is 0.647. The fraction of sp³-hybridized carbons (Fsp3) is 0. The van der Waals surface area contributed by atoms with Gasteiger partial charge in [-0.2, -0.15) is 0 Å². The number of benzene rings is 9. The molecule has 3 aromatic heterocycles. The van der Waals surface area contributed by atoms with E-state index in [-0.39, 0.29) is 0 Å². The van der Waals surface area contributed by atoms with E-state index >= 15 is 0 Å². The van der Waals surface area contributed by atoms with Crippen molar-refractivity contribution in [1.82, 2.24) is 19.1 Å². The van der Waals surface area contributed by atoms with Gasteiger partial charge in [-0.3, -0.25) is 4.57 Å². The highest BCUT2D eigenvalue weighted by Crippen LogP contribution is 2.45. The molecule has 0 aliphatic rings. The average molecular weight is 739 g/mol. The van der Waals surface area contributed by atoms with Crippen molar-refractivity contribution in [3.63, 3.8) is 0 Å². The number of aromatic nitrogens is 4. The summed E-state index contributed by atoms with van der Waals surface area (Å²) in [6.45, 7) is 0. The maximum atomic E-state index is 5.50. The molecule has 58 heavy (non-hydrogen) atoms. The summed E-state index contributed by atoms with van der Waals surface area (Å²) in [7, 11) is 0. The van der Waals surface area contributed by atoms with E-state index in [1.54, 1.807) is 0 Å². The Bertz CT molecular complexity index is 3540. The number of rotatable bonds is 5. The van der Waals surface area contributed by atoms with Crippen LogP contribution in [0.2, 0.25) is 0 Å². The molecule has 0 radical (unpaired) electrons. The molecule has 0 unspecified atom stereocenters. The van der Waals surface area contributed by atoms with E-state index in [2.05, 4.69) is 215 Å². The molecular formula is C54H34N4. The van der Waals surface area contributed by atoms with E-state index in [9.17, 15) is 0 Å².